The minimum absolute atomic E-state index is 0.0924. The number of piperidine rings is 1. The van der Waals surface area contributed by atoms with E-state index in [1.807, 2.05) is 0 Å². The highest BCUT2D eigenvalue weighted by molar-refractivity contribution is 5.28. The van der Waals surface area contributed by atoms with Gasteiger partial charge in [0.15, 0.2) is 0 Å². The molecular formula is C19H29N3. The van der Waals surface area contributed by atoms with Crippen molar-refractivity contribution >= 4 is 0 Å². The Kier molecular flexibility index (Phi) is 6.42. The van der Waals surface area contributed by atoms with Gasteiger partial charge in [0, 0.05) is 13.1 Å². The number of hydrogen-bond acceptors (Lipinski definition) is 3. The third-order valence-electron chi connectivity index (χ3n) is 4.77. The summed E-state index contributed by atoms with van der Waals surface area (Å²) in [7, 11) is 0. The summed E-state index contributed by atoms with van der Waals surface area (Å²) >= 11 is 0. The average molecular weight is 299 g/mol. The number of benzene rings is 1. The molecule has 0 radical (unpaired) electrons. The molecule has 1 aliphatic heterocycles. The molecule has 0 N–H and O–H groups in total. The first-order valence-electron chi connectivity index (χ1n) is 8.62. The van der Waals surface area contributed by atoms with Crippen molar-refractivity contribution in [3.8, 4) is 6.07 Å². The van der Waals surface area contributed by atoms with Crippen LogP contribution in [-0.4, -0.2) is 36.0 Å². The molecule has 0 saturated carbocycles. The van der Waals surface area contributed by atoms with Gasteiger partial charge in [-0.15, -0.1) is 0 Å². The van der Waals surface area contributed by atoms with Crippen molar-refractivity contribution in [3.05, 3.63) is 35.4 Å². The summed E-state index contributed by atoms with van der Waals surface area (Å²) in [4.78, 5) is 4.75. The normalized spacial score (nSPS) is 20.8. The van der Waals surface area contributed by atoms with Crippen LogP contribution < -0.4 is 0 Å². The van der Waals surface area contributed by atoms with Crippen molar-refractivity contribution in [2.75, 3.05) is 26.2 Å². The quantitative estimate of drug-likeness (QED) is 0.800. The number of nitrogens with zero attached hydrogens (tertiary/aromatic N) is 3. The zero-order chi connectivity index (χ0) is 15.9. The lowest BCUT2D eigenvalue weighted by Crippen LogP contribution is -2.36. The Morgan fingerprint density at radius 2 is 1.95 bits per heavy atom. The van der Waals surface area contributed by atoms with Crippen LogP contribution in [-0.2, 0) is 6.54 Å². The van der Waals surface area contributed by atoms with Crippen LogP contribution in [0.5, 0.6) is 0 Å². The van der Waals surface area contributed by atoms with Gasteiger partial charge < -0.3 is 0 Å². The molecule has 2 atom stereocenters. The smallest absolute Gasteiger partial charge is 0.123 e. The summed E-state index contributed by atoms with van der Waals surface area (Å²) in [6, 6.07) is 11.1. The zero-order valence-electron chi connectivity index (χ0n) is 14.3. The first-order chi connectivity index (χ1) is 10.7. The third-order valence-corrected chi connectivity index (χ3v) is 4.77. The molecule has 3 nitrogen and oxygen atoms in total. The first-order valence-corrected chi connectivity index (χ1v) is 8.62. The molecule has 1 fully saturated rings. The monoisotopic (exact) mass is 299 g/mol. The van der Waals surface area contributed by atoms with E-state index in [9.17, 15) is 5.26 Å². The van der Waals surface area contributed by atoms with Crippen molar-refractivity contribution in [2.45, 2.75) is 46.2 Å². The Labute approximate surface area is 135 Å². The lowest BCUT2D eigenvalue weighted by molar-refractivity contribution is 0.156. The maximum atomic E-state index is 9.61. The molecule has 2 rings (SSSR count). The molecule has 0 amide bonds. The fourth-order valence-corrected chi connectivity index (χ4v) is 3.34. The highest BCUT2D eigenvalue weighted by Gasteiger charge is 2.24. The van der Waals surface area contributed by atoms with Crippen LogP contribution in [0.3, 0.4) is 0 Å². The second kappa shape index (κ2) is 8.31. The maximum absolute atomic E-state index is 9.61. The second-order valence-electron chi connectivity index (χ2n) is 6.48. The van der Waals surface area contributed by atoms with Crippen molar-refractivity contribution < 1.29 is 0 Å². The van der Waals surface area contributed by atoms with Gasteiger partial charge in [0.1, 0.15) is 6.04 Å². The van der Waals surface area contributed by atoms with Crippen LogP contribution in [0.2, 0.25) is 0 Å². The van der Waals surface area contributed by atoms with Gasteiger partial charge in [-0.1, -0.05) is 45.0 Å². The van der Waals surface area contributed by atoms with Gasteiger partial charge in [0.25, 0.3) is 0 Å². The van der Waals surface area contributed by atoms with E-state index in [2.05, 4.69) is 60.9 Å². The minimum atomic E-state index is -0.0924. The minimum Gasteiger partial charge on any atom is -0.300 e. The van der Waals surface area contributed by atoms with Gasteiger partial charge >= 0.3 is 0 Å². The topological polar surface area (TPSA) is 30.3 Å². The Bertz CT molecular complexity index is 484. The van der Waals surface area contributed by atoms with Crippen LogP contribution in [0, 0.1) is 17.2 Å². The summed E-state index contributed by atoms with van der Waals surface area (Å²) in [5, 5.41) is 9.61. The van der Waals surface area contributed by atoms with E-state index in [-0.39, 0.29) is 6.04 Å². The molecule has 0 aliphatic carbocycles. The second-order valence-corrected chi connectivity index (χ2v) is 6.48. The Hall–Kier alpha value is -1.37. The standard InChI is InChI=1S/C19H29N3/c1-4-21(5-2)15-17-8-10-18(11-9-17)19(13-20)22-12-6-7-16(3)14-22/h8-11,16,19H,4-7,12,14-15H2,1-3H3. The van der Waals surface area contributed by atoms with Crippen molar-refractivity contribution in [2.24, 2.45) is 5.92 Å². The van der Waals surface area contributed by atoms with Gasteiger partial charge in [0.2, 0.25) is 0 Å². The van der Waals surface area contributed by atoms with Gasteiger partial charge in [0.05, 0.1) is 6.07 Å². The van der Waals surface area contributed by atoms with Crippen LogP contribution in [0.1, 0.15) is 50.8 Å². The van der Waals surface area contributed by atoms with Crippen molar-refractivity contribution in [1.29, 1.82) is 5.26 Å². The van der Waals surface area contributed by atoms with E-state index in [1.165, 1.54) is 18.4 Å². The molecule has 0 aromatic heterocycles. The molecule has 1 aromatic carbocycles. The molecule has 3 heteroatoms. The largest absolute Gasteiger partial charge is 0.300 e. The molecule has 22 heavy (non-hydrogen) atoms. The molecule has 120 valence electrons. The van der Waals surface area contributed by atoms with Crippen molar-refractivity contribution in [1.82, 2.24) is 9.80 Å². The van der Waals surface area contributed by atoms with Gasteiger partial charge in [-0.3, -0.25) is 9.80 Å². The fourth-order valence-electron chi connectivity index (χ4n) is 3.34. The summed E-state index contributed by atoms with van der Waals surface area (Å²) in [6.07, 6.45) is 2.50. The molecule has 2 unspecified atom stereocenters. The highest BCUT2D eigenvalue weighted by Crippen LogP contribution is 2.26. The molecule has 0 bridgehead atoms. The molecule has 1 aromatic rings. The van der Waals surface area contributed by atoms with E-state index < -0.39 is 0 Å². The predicted octanol–water partition coefficient (Wildman–Crippen LogP) is 3.82. The highest BCUT2D eigenvalue weighted by atomic mass is 15.2. The van der Waals surface area contributed by atoms with Gasteiger partial charge in [-0.25, -0.2) is 0 Å². The van der Waals surface area contributed by atoms with Crippen LogP contribution in [0.4, 0.5) is 0 Å². The summed E-state index contributed by atoms with van der Waals surface area (Å²) in [5.41, 5.74) is 2.47. The Morgan fingerprint density at radius 3 is 2.50 bits per heavy atom. The van der Waals surface area contributed by atoms with E-state index in [4.69, 9.17) is 0 Å². The average Bonchev–Trinajstić information content (AvgIpc) is 2.55. The summed E-state index contributed by atoms with van der Waals surface area (Å²) < 4.78 is 0. The lowest BCUT2D eigenvalue weighted by atomic mass is 9.96. The number of hydrogen-bond donors (Lipinski definition) is 0. The SMILES string of the molecule is CCN(CC)Cc1ccc(C(C#N)N2CCCC(C)C2)cc1. The van der Waals surface area contributed by atoms with Crippen LogP contribution >= 0.6 is 0 Å². The van der Waals surface area contributed by atoms with E-state index in [0.717, 1.165) is 38.3 Å². The third kappa shape index (κ3) is 4.32. The van der Waals surface area contributed by atoms with Gasteiger partial charge in [-0.05, 0) is 49.5 Å². The van der Waals surface area contributed by atoms with E-state index >= 15 is 0 Å². The lowest BCUT2D eigenvalue weighted by Gasteiger charge is -2.34. The Morgan fingerprint density at radius 1 is 1.27 bits per heavy atom. The molecule has 0 spiro atoms. The molecular weight excluding hydrogens is 270 g/mol. The molecule has 1 saturated heterocycles. The van der Waals surface area contributed by atoms with Gasteiger partial charge in [-0.2, -0.15) is 5.26 Å². The Balaban J connectivity index is 2.06. The number of likely N-dealkylation sites (tertiary alicyclic amines) is 1. The maximum Gasteiger partial charge on any atom is 0.123 e. The summed E-state index contributed by atoms with van der Waals surface area (Å²) in [5.74, 6) is 0.700. The molecule has 1 heterocycles. The van der Waals surface area contributed by atoms with Crippen LogP contribution in [0.25, 0.3) is 0 Å². The number of nitriles is 1. The molecule has 1 aliphatic rings. The summed E-state index contributed by atoms with van der Waals surface area (Å²) in [6.45, 7) is 11.9. The van der Waals surface area contributed by atoms with Crippen LogP contribution in [0.15, 0.2) is 24.3 Å². The fraction of sp³-hybridized carbons (Fsp3) is 0.632. The first kappa shape index (κ1) is 17.0. The van der Waals surface area contributed by atoms with Crippen molar-refractivity contribution in [3.63, 3.8) is 0 Å². The van der Waals surface area contributed by atoms with E-state index in [1.54, 1.807) is 0 Å². The van der Waals surface area contributed by atoms with E-state index in [0.29, 0.717) is 5.92 Å². The predicted molar refractivity (Wildman–Crippen MR) is 91.4 cm³/mol. The zero-order valence-corrected chi connectivity index (χ0v) is 14.3. The number of rotatable bonds is 6.